The molecule has 1 aromatic heterocycles. The minimum Gasteiger partial charge on any atom is -0.399 e. The van der Waals surface area contributed by atoms with Gasteiger partial charge in [0.2, 0.25) is 5.91 Å². The number of carbonyl (C=O) groups is 1. The van der Waals surface area contributed by atoms with Crippen molar-refractivity contribution in [1.82, 2.24) is 4.57 Å². The molecule has 0 aliphatic carbocycles. The van der Waals surface area contributed by atoms with Gasteiger partial charge in [0, 0.05) is 27.6 Å². The molecule has 3 N–H and O–H groups in total. The Balaban J connectivity index is 2.12. The summed E-state index contributed by atoms with van der Waals surface area (Å²) >= 11 is 3.31. The first-order chi connectivity index (χ1) is 9.45. The minimum atomic E-state index is -0.269. The first kappa shape index (κ1) is 14.3. The van der Waals surface area contributed by atoms with Crippen LogP contribution in [0.25, 0.3) is 0 Å². The van der Waals surface area contributed by atoms with E-state index in [1.165, 1.54) is 4.57 Å². The highest BCUT2D eigenvalue weighted by molar-refractivity contribution is 9.10. The summed E-state index contributed by atoms with van der Waals surface area (Å²) in [7, 11) is 0. The van der Waals surface area contributed by atoms with E-state index >= 15 is 0 Å². The van der Waals surface area contributed by atoms with Gasteiger partial charge in [0.1, 0.15) is 6.54 Å². The Hall–Kier alpha value is -2.08. The van der Waals surface area contributed by atoms with Crippen LogP contribution < -0.4 is 16.6 Å². The number of nitrogens with zero attached hydrogens (tertiary/aromatic N) is 1. The summed E-state index contributed by atoms with van der Waals surface area (Å²) in [4.78, 5) is 23.8. The first-order valence-electron chi connectivity index (χ1n) is 5.97. The number of halogens is 1. The Morgan fingerprint density at radius 2 is 2.00 bits per heavy atom. The molecule has 1 heterocycles. The fourth-order valence-electron chi connectivity index (χ4n) is 1.78. The van der Waals surface area contributed by atoms with Gasteiger partial charge in [0.25, 0.3) is 5.56 Å². The molecule has 0 saturated carbocycles. The van der Waals surface area contributed by atoms with Gasteiger partial charge in [-0.3, -0.25) is 9.59 Å². The highest BCUT2D eigenvalue weighted by Crippen LogP contribution is 2.11. The van der Waals surface area contributed by atoms with E-state index in [0.29, 0.717) is 16.9 Å². The number of benzene rings is 1. The summed E-state index contributed by atoms with van der Waals surface area (Å²) in [5.74, 6) is -0.269. The van der Waals surface area contributed by atoms with Crippen molar-refractivity contribution in [3.05, 3.63) is 56.9 Å². The zero-order chi connectivity index (χ0) is 14.7. The molecule has 1 amide bonds. The molecule has 0 aliphatic heterocycles. The Kier molecular flexibility index (Phi) is 4.24. The van der Waals surface area contributed by atoms with Crippen molar-refractivity contribution < 1.29 is 4.79 Å². The molecule has 20 heavy (non-hydrogen) atoms. The van der Waals surface area contributed by atoms with E-state index in [1.807, 2.05) is 0 Å². The molecule has 0 fully saturated rings. The Morgan fingerprint density at radius 1 is 1.35 bits per heavy atom. The van der Waals surface area contributed by atoms with Crippen LogP contribution in [0.4, 0.5) is 11.4 Å². The van der Waals surface area contributed by atoms with Crippen molar-refractivity contribution in [2.45, 2.75) is 13.5 Å². The van der Waals surface area contributed by atoms with Crippen LogP contribution in [0.15, 0.2) is 45.8 Å². The van der Waals surface area contributed by atoms with Gasteiger partial charge in [-0.1, -0.05) is 0 Å². The van der Waals surface area contributed by atoms with Crippen LogP contribution in [-0.2, 0) is 11.3 Å². The van der Waals surface area contributed by atoms with E-state index in [0.717, 1.165) is 4.47 Å². The third-order valence-electron chi connectivity index (χ3n) is 2.74. The van der Waals surface area contributed by atoms with Crippen LogP contribution in [0.1, 0.15) is 5.56 Å². The van der Waals surface area contributed by atoms with Gasteiger partial charge in [-0.25, -0.2) is 0 Å². The molecule has 0 spiro atoms. The molecular formula is C14H14BrN3O2. The number of amides is 1. The molecule has 6 heteroatoms. The fourth-order valence-corrected chi connectivity index (χ4v) is 2.37. The van der Waals surface area contributed by atoms with E-state index in [4.69, 9.17) is 5.73 Å². The third-order valence-corrected chi connectivity index (χ3v) is 3.17. The van der Waals surface area contributed by atoms with Gasteiger partial charge in [0.15, 0.2) is 0 Å². The average molecular weight is 336 g/mol. The normalized spacial score (nSPS) is 10.3. The number of anilines is 2. The number of aromatic nitrogens is 1. The van der Waals surface area contributed by atoms with Crippen LogP contribution in [0.3, 0.4) is 0 Å². The number of nitrogens with one attached hydrogen (secondary N) is 1. The maximum atomic E-state index is 11.9. The summed E-state index contributed by atoms with van der Waals surface area (Å²) in [6.45, 7) is 1.67. The zero-order valence-corrected chi connectivity index (χ0v) is 12.5. The maximum Gasteiger partial charge on any atom is 0.253 e. The largest absolute Gasteiger partial charge is 0.399 e. The molecule has 2 aromatic rings. The van der Waals surface area contributed by atoms with Gasteiger partial charge < -0.3 is 15.6 Å². The average Bonchev–Trinajstić information content (AvgIpc) is 2.38. The number of aryl methyl sites for hydroxylation is 1. The van der Waals surface area contributed by atoms with Crippen molar-refractivity contribution in [2.24, 2.45) is 0 Å². The molecule has 0 aliphatic rings. The summed E-state index contributed by atoms with van der Waals surface area (Å²) in [5.41, 5.74) is 7.24. The van der Waals surface area contributed by atoms with E-state index in [1.54, 1.807) is 43.5 Å². The molecule has 104 valence electrons. The van der Waals surface area contributed by atoms with Crippen molar-refractivity contribution in [2.75, 3.05) is 11.1 Å². The number of hydrogen-bond donors (Lipinski definition) is 2. The van der Waals surface area contributed by atoms with Crippen LogP contribution in [0, 0.1) is 6.92 Å². The minimum absolute atomic E-state index is 0.0382. The fraction of sp³-hybridized carbons (Fsp3) is 0.143. The summed E-state index contributed by atoms with van der Waals surface area (Å²) in [6, 6.07) is 8.54. The lowest BCUT2D eigenvalue weighted by atomic mass is 10.3. The van der Waals surface area contributed by atoms with Gasteiger partial charge in [-0.05, 0) is 53.2 Å². The van der Waals surface area contributed by atoms with E-state index < -0.39 is 0 Å². The highest BCUT2D eigenvalue weighted by Gasteiger charge is 2.07. The molecule has 0 unspecified atom stereocenters. The van der Waals surface area contributed by atoms with Gasteiger partial charge in [-0.2, -0.15) is 0 Å². The number of pyridine rings is 1. The number of rotatable bonds is 3. The topological polar surface area (TPSA) is 77.1 Å². The molecule has 5 nitrogen and oxygen atoms in total. The molecular weight excluding hydrogens is 322 g/mol. The molecule has 0 radical (unpaired) electrons. The van der Waals surface area contributed by atoms with Crippen LogP contribution in [0.5, 0.6) is 0 Å². The second-order valence-corrected chi connectivity index (χ2v) is 5.36. The smallest absolute Gasteiger partial charge is 0.253 e. The summed E-state index contributed by atoms with van der Waals surface area (Å²) in [5, 5.41) is 2.71. The molecule has 0 saturated heterocycles. The second kappa shape index (κ2) is 5.92. The van der Waals surface area contributed by atoms with Gasteiger partial charge in [-0.15, -0.1) is 0 Å². The Morgan fingerprint density at radius 3 is 2.65 bits per heavy atom. The van der Waals surface area contributed by atoms with Crippen LogP contribution in [-0.4, -0.2) is 10.5 Å². The monoisotopic (exact) mass is 335 g/mol. The van der Waals surface area contributed by atoms with Crippen LogP contribution >= 0.6 is 15.9 Å². The van der Waals surface area contributed by atoms with E-state index in [2.05, 4.69) is 21.2 Å². The number of nitrogen functional groups attached to an aromatic ring is 1. The lowest BCUT2D eigenvalue weighted by molar-refractivity contribution is -0.116. The number of nitrogens with two attached hydrogens (primary N) is 1. The zero-order valence-electron chi connectivity index (χ0n) is 10.9. The van der Waals surface area contributed by atoms with Gasteiger partial charge in [0.05, 0.1) is 0 Å². The molecule has 2 rings (SSSR count). The van der Waals surface area contributed by atoms with Crippen molar-refractivity contribution in [1.29, 1.82) is 0 Å². The van der Waals surface area contributed by atoms with Crippen molar-refractivity contribution in [3.8, 4) is 0 Å². The molecule has 0 bridgehead atoms. The summed E-state index contributed by atoms with van der Waals surface area (Å²) < 4.78 is 2.13. The lowest BCUT2D eigenvalue weighted by Crippen LogP contribution is -2.28. The maximum absolute atomic E-state index is 11.9. The quantitative estimate of drug-likeness (QED) is 0.843. The number of carbonyl (C=O) groups excluding carboxylic acids is 1. The predicted molar refractivity (Wildman–Crippen MR) is 82.6 cm³/mol. The van der Waals surface area contributed by atoms with Crippen molar-refractivity contribution in [3.63, 3.8) is 0 Å². The lowest BCUT2D eigenvalue weighted by Gasteiger charge is -2.09. The van der Waals surface area contributed by atoms with Crippen LogP contribution in [0.2, 0.25) is 0 Å². The van der Waals surface area contributed by atoms with Crippen molar-refractivity contribution >= 4 is 33.2 Å². The molecule has 0 atom stereocenters. The second-order valence-electron chi connectivity index (χ2n) is 4.44. The number of hydrogen-bond acceptors (Lipinski definition) is 3. The first-order valence-corrected chi connectivity index (χ1v) is 6.77. The standard InChI is InChI=1S/C14H14BrN3O2/c1-9-6-10(15)7-18(14(9)20)8-13(19)17-12-4-2-11(16)3-5-12/h2-7H,8,16H2,1H3,(H,17,19). The van der Waals surface area contributed by atoms with E-state index in [9.17, 15) is 9.59 Å². The Labute approximate surface area is 124 Å². The highest BCUT2D eigenvalue weighted by atomic mass is 79.9. The van der Waals surface area contributed by atoms with Gasteiger partial charge >= 0.3 is 0 Å². The summed E-state index contributed by atoms with van der Waals surface area (Å²) in [6.07, 6.45) is 1.60. The SMILES string of the molecule is Cc1cc(Br)cn(CC(=O)Nc2ccc(N)cc2)c1=O. The Bertz CT molecular complexity index is 693. The molecule has 1 aromatic carbocycles. The predicted octanol–water partition coefficient (Wildman–Crippen LogP) is 2.14. The van der Waals surface area contributed by atoms with E-state index in [-0.39, 0.29) is 18.0 Å². The third kappa shape index (κ3) is 3.48.